The van der Waals surface area contributed by atoms with Crippen LogP contribution in [0.2, 0.25) is 0 Å². The largest absolute Gasteiger partial charge is 0.362 e. The molecule has 2 heterocycles. The van der Waals surface area contributed by atoms with Gasteiger partial charge in [-0.1, -0.05) is 30.3 Å². The van der Waals surface area contributed by atoms with Gasteiger partial charge in [-0.2, -0.15) is 10.2 Å². The van der Waals surface area contributed by atoms with Crippen molar-refractivity contribution in [2.75, 3.05) is 11.9 Å². The summed E-state index contributed by atoms with van der Waals surface area (Å²) in [6.45, 7) is 8.47. The lowest BCUT2D eigenvalue weighted by Crippen LogP contribution is -2.30. The van der Waals surface area contributed by atoms with Crippen molar-refractivity contribution in [2.24, 2.45) is 0 Å². The third kappa shape index (κ3) is 5.17. The van der Waals surface area contributed by atoms with Crippen molar-refractivity contribution in [3.63, 3.8) is 0 Å². The Morgan fingerprint density at radius 2 is 1.85 bits per heavy atom. The second kappa shape index (κ2) is 8.81. The summed E-state index contributed by atoms with van der Waals surface area (Å²) < 4.78 is 3.96. The van der Waals surface area contributed by atoms with E-state index in [4.69, 9.17) is 12.2 Å². The zero-order valence-electron chi connectivity index (χ0n) is 16.1. The average molecular weight is 383 g/mol. The average Bonchev–Trinajstić information content (AvgIpc) is 3.18. The number of hydrogen-bond acceptors (Lipinski definition) is 3. The maximum absolute atomic E-state index is 5.45. The predicted molar refractivity (Wildman–Crippen MR) is 113 cm³/mol. The Hall–Kier alpha value is -2.67. The fourth-order valence-corrected chi connectivity index (χ4v) is 3.18. The molecule has 0 bridgehead atoms. The maximum atomic E-state index is 5.45. The van der Waals surface area contributed by atoms with Crippen LogP contribution in [-0.4, -0.2) is 31.2 Å². The Morgan fingerprint density at radius 3 is 2.56 bits per heavy atom. The maximum Gasteiger partial charge on any atom is 0.170 e. The quantitative estimate of drug-likeness (QED) is 0.484. The van der Waals surface area contributed by atoms with Gasteiger partial charge in [0.05, 0.1) is 29.3 Å². The third-order valence-electron chi connectivity index (χ3n) is 4.42. The molecule has 0 aliphatic carbocycles. The normalized spacial score (nSPS) is 10.8. The van der Waals surface area contributed by atoms with Crippen LogP contribution in [0.4, 0.5) is 5.69 Å². The van der Waals surface area contributed by atoms with E-state index in [9.17, 15) is 0 Å². The molecule has 0 spiro atoms. The van der Waals surface area contributed by atoms with E-state index in [0.29, 0.717) is 5.11 Å². The highest BCUT2D eigenvalue weighted by molar-refractivity contribution is 7.80. The van der Waals surface area contributed by atoms with Crippen molar-refractivity contribution in [1.82, 2.24) is 24.9 Å². The molecule has 2 N–H and O–H groups in total. The number of aryl methyl sites for hydroxylation is 3. The van der Waals surface area contributed by atoms with Gasteiger partial charge in [-0.3, -0.25) is 9.36 Å². The van der Waals surface area contributed by atoms with E-state index >= 15 is 0 Å². The molecule has 6 nitrogen and oxygen atoms in total. The van der Waals surface area contributed by atoms with E-state index in [1.807, 2.05) is 53.7 Å². The number of anilines is 1. The summed E-state index contributed by atoms with van der Waals surface area (Å²) in [5, 5.41) is 16.2. The van der Waals surface area contributed by atoms with Gasteiger partial charge in [0.1, 0.15) is 0 Å². The Labute approximate surface area is 165 Å². The highest BCUT2D eigenvalue weighted by Crippen LogP contribution is 2.20. The molecular weight excluding hydrogens is 356 g/mol. The standard InChI is InChI=1S/C20H26N6S/c1-15-10-13-25(23-15)12-7-11-21-20(27)22-19-16(2)24-26(17(19)3)14-18-8-5-4-6-9-18/h4-6,8-10,13H,7,11-12,14H2,1-3H3,(H2,21,22,27). The molecule has 0 saturated heterocycles. The fraction of sp³-hybridized carbons (Fsp3) is 0.350. The first kappa shape index (κ1) is 19.1. The Morgan fingerprint density at radius 1 is 1.07 bits per heavy atom. The molecule has 0 amide bonds. The summed E-state index contributed by atoms with van der Waals surface area (Å²) in [5.74, 6) is 0. The molecule has 0 aliphatic heterocycles. The van der Waals surface area contributed by atoms with Crippen LogP contribution in [0.3, 0.4) is 0 Å². The topological polar surface area (TPSA) is 59.7 Å². The number of rotatable bonds is 7. The Kier molecular flexibility index (Phi) is 6.24. The summed E-state index contributed by atoms with van der Waals surface area (Å²) >= 11 is 5.45. The highest BCUT2D eigenvalue weighted by atomic mass is 32.1. The lowest BCUT2D eigenvalue weighted by Gasteiger charge is -2.11. The first-order chi connectivity index (χ1) is 13.0. The van der Waals surface area contributed by atoms with Crippen molar-refractivity contribution in [2.45, 2.75) is 40.3 Å². The summed E-state index contributed by atoms with van der Waals surface area (Å²) in [7, 11) is 0. The lowest BCUT2D eigenvalue weighted by atomic mass is 10.2. The summed E-state index contributed by atoms with van der Waals surface area (Å²) in [5.41, 5.74) is 5.26. The van der Waals surface area contributed by atoms with Gasteiger partial charge in [0.15, 0.2) is 5.11 Å². The molecule has 7 heteroatoms. The van der Waals surface area contributed by atoms with Crippen LogP contribution in [-0.2, 0) is 13.1 Å². The SMILES string of the molecule is Cc1ccn(CCCNC(=S)Nc2c(C)nn(Cc3ccccc3)c2C)n1. The van der Waals surface area contributed by atoms with E-state index in [-0.39, 0.29) is 0 Å². The van der Waals surface area contributed by atoms with E-state index in [1.54, 1.807) is 0 Å². The van der Waals surface area contributed by atoms with Crippen LogP contribution in [0.25, 0.3) is 0 Å². The molecule has 142 valence electrons. The van der Waals surface area contributed by atoms with Gasteiger partial charge < -0.3 is 10.6 Å². The number of benzene rings is 1. The lowest BCUT2D eigenvalue weighted by molar-refractivity contribution is 0.570. The first-order valence-electron chi connectivity index (χ1n) is 9.16. The van der Waals surface area contributed by atoms with Crippen LogP contribution in [0.1, 0.15) is 29.1 Å². The molecule has 27 heavy (non-hydrogen) atoms. The molecule has 0 aliphatic rings. The van der Waals surface area contributed by atoms with E-state index < -0.39 is 0 Å². The number of hydrogen-bond donors (Lipinski definition) is 2. The van der Waals surface area contributed by atoms with Gasteiger partial charge >= 0.3 is 0 Å². The number of aromatic nitrogens is 4. The summed E-state index contributed by atoms with van der Waals surface area (Å²) in [4.78, 5) is 0. The van der Waals surface area contributed by atoms with Gasteiger partial charge in [-0.25, -0.2) is 0 Å². The van der Waals surface area contributed by atoms with Gasteiger partial charge in [0.2, 0.25) is 0 Å². The van der Waals surface area contributed by atoms with Gasteiger partial charge in [-0.15, -0.1) is 0 Å². The fourth-order valence-electron chi connectivity index (χ4n) is 2.98. The van der Waals surface area contributed by atoms with Crippen LogP contribution < -0.4 is 10.6 Å². The van der Waals surface area contributed by atoms with Crippen molar-refractivity contribution in [3.05, 3.63) is 65.2 Å². The summed E-state index contributed by atoms with van der Waals surface area (Å²) in [6, 6.07) is 12.3. The van der Waals surface area contributed by atoms with Crippen molar-refractivity contribution >= 4 is 23.0 Å². The molecule has 3 aromatic rings. The van der Waals surface area contributed by atoms with E-state index in [1.165, 1.54) is 5.56 Å². The minimum atomic E-state index is 0.622. The van der Waals surface area contributed by atoms with Crippen molar-refractivity contribution in [1.29, 1.82) is 0 Å². The number of nitrogens with one attached hydrogen (secondary N) is 2. The molecule has 0 unspecified atom stereocenters. The van der Waals surface area contributed by atoms with Crippen molar-refractivity contribution in [3.8, 4) is 0 Å². The molecule has 0 radical (unpaired) electrons. The Bertz CT molecular complexity index is 897. The second-order valence-electron chi connectivity index (χ2n) is 6.64. The Balaban J connectivity index is 1.51. The monoisotopic (exact) mass is 382 g/mol. The predicted octanol–water partition coefficient (Wildman–Crippen LogP) is 3.43. The van der Waals surface area contributed by atoms with Gasteiger partial charge in [0, 0.05) is 19.3 Å². The third-order valence-corrected chi connectivity index (χ3v) is 4.67. The summed E-state index contributed by atoms with van der Waals surface area (Å²) in [6.07, 6.45) is 2.95. The molecule has 0 saturated carbocycles. The van der Waals surface area contributed by atoms with Gasteiger partial charge in [0.25, 0.3) is 0 Å². The minimum Gasteiger partial charge on any atom is -0.362 e. The van der Waals surface area contributed by atoms with Crippen LogP contribution >= 0.6 is 12.2 Å². The minimum absolute atomic E-state index is 0.622. The van der Waals surface area contributed by atoms with E-state index in [2.05, 4.69) is 39.9 Å². The van der Waals surface area contributed by atoms with Crippen LogP contribution in [0, 0.1) is 20.8 Å². The van der Waals surface area contributed by atoms with Crippen LogP contribution in [0.15, 0.2) is 42.6 Å². The molecule has 0 atom stereocenters. The number of nitrogens with zero attached hydrogens (tertiary/aromatic N) is 4. The highest BCUT2D eigenvalue weighted by Gasteiger charge is 2.12. The van der Waals surface area contributed by atoms with Gasteiger partial charge in [-0.05, 0) is 51.0 Å². The zero-order valence-corrected chi connectivity index (χ0v) is 16.9. The number of thiocarbonyl (C=S) groups is 1. The second-order valence-corrected chi connectivity index (χ2v) is 7.05. The molecular formula is C20H26N6S. The smallest absolute Gasteiger partial charge is 0.170 e. The first-order valence-corrected chi connectivity index (χ1v) is 9.56. The molecule has 1 aromatic carbocycles. The van der Waals surface area contributed by atoms with E-state index in [0.717, 1.165) is 48.8 Å². The zero-order chi connectivity index (χ0) is 19.2. The molecule has 2 aromatic heterocycles. The molecule has 3 rings (SSSR count). The molecule has 0 fully saturated rings. The van der Waals surface area contributed by atoms with Crippen molar-refractivity contribution < 1.29 is 0 Å². The van der Waals surface area contributed by atoms with Crippen LogP contribution in [0.5, 0.6) is 0 Å².